The summed E-state index contributed by atoms with van der Waals surface area (Å²) in [4.78, 5) is 13.4. The van der Waals surface area contributed by atoms with Crippen molar-refractivity contribution in [1.82, 2.24) is 14.7 Å². The smallest absolute Gasteiger partial charge is 0.273 e. The van der Waals surface area contributed by atoms with E-state index in [1.54, 1.807) is 4.68 Å². The topological polar surface area (TPSA) is 56.6 Å². The predicted octanol–water partition coefficient (Wildman–Crippen LogP) is 3.03. The highest BCUT2D eigenvalue weighted by Crippen LogP contribution is 2.30. The van der Waals surface area contributed by atoms with Gasteiger partial charge in [-0.25, -0.2) is 0 Å². The number of hydrogen-bond donors (Lipinski definition) is 0. The molecule has 0 bridgehead atoms. The standard InChI is InChI=1S/C10H7ClN2O2.C5H11NO.C2H6.C2H2/c11-10(14)8-6-2-1-3-7-9(6)13(12-8)4-5-15-7;1-6-2-4-7-5-3-6;2*1-2/h1-3H,4-5H2;2-5H2,1H3;1-2H3;1-2H. The van der Waals surface area contributed by atoms with Crippen LogP contribution in [-0.4, -0.2) is 59.9 Å². The number of carbonyl (C=O) groups is 1. The minimum atomic E-state index is -0.530. The molecule has 7 heteroatoms. The average Bonchev–Trinajstić information content (AvgIpc) is 3.08. The first-order valence-corrected chi connectivity index (χ1v) is 8.96. The second-order valence-corrected chi connectivity index (χ2v) is 5.61. The minimum Gasteiger partial charge on any atom is -0.489 e. The molecule has 142 valence electrons. The van der Waals surface area contributed by atoms with E-state index in [1.807, 2.05) is 32.0 Å². The van der Waals surface area contributed by atoms with E-state index < -0.39 is 5.24 Å². The highest BCUT2D eigenvalue weighted by molar-refractivity contribution is 6.68. The van der Waals surface area contributed by atoms with Crippen molar-refractivity contribution >= 4 is 27.7 Å². The van der Waals surface area contributed by atoms with Gasteiger partial charge in [-0.2, -0.15) is 5.10 Å². The number of ether oxygens (including phenoxy) is 2. The lowest BCUT2D eigenvalue weighted by Crippen LogP contribution is -2.32. The Morgan fingerprint density at radius 3 is 2.35 bits per heavy atom. The molecule has 0 N–H and O–H groups in total. The third kappa shape index (κ3) is 5.46. The zero-order chi connectivity index (χ0) is 19.5. The molecular weight excluding hydrogens is 354 g/mol. The van der Waals surface area contributed by atoms with Gasteiger partial charge in [0.05, 0.1) is 19.8 Å². The van der Waals surface area contributed by atoms with Gasteiger partial charge in [-0.1, -0.05) is 26.0 Å². The molecule has 1 aromatic carbocycles. The summed E-state index contributed by atoms with van der Waals surface area (Å²) in [6.45, 7) is 9.24. The van der Waals surface area contributed by atoms with Gasteiger partial charge in [-0.3, -0.25) is 9.48 Å². The molecule has 6 nitrogen and oxygen atoms in total. The van der Waals surface area contributed by atoms with Gasteiger partial charge < -0.3 is 14.4 Å². The highest BCUT2D eigenvalue weighted by Gasteiger charge is 2.20. The number of likely N-dealkylation sites (N-methyl/N-ethyl adjacent to an activating group) is 1. The average molecular weight is 380 g/mol. The van der Waals surface area contributed by atoms with Gasteiger partial charge in [-0.05, 0) is 24.7 Å². The molecule has 2 aliphatic heterocycles. The molecule has 4 rings (SSSR count). The van der Waals surface area contributed by atoms with E-state index in [9.17, 15) is 4.79 Å². The van der Waals surface area contributed by atoms with Gasteiger partial charge in [0, 0.05) is 18.5 Å². The van der Waals surface area contributed by atoms with Crippen molar-refractivity contribution in [3.63, 3.8) is 0 Å². The first-order valence-electron chi connectivity index (χ1n) is 8.58. The normalized spacial score (nSPS) is 15.2. The van der Waals surface area contributed by atoms with Crippen LogP contribution >= 0.6 is 11.6 Å². The van der Waals surface area contributed by atoms with Crippen molar-refractivity contribution < 1.29 is 14.3 Å². The van der Waals surface area contributed by atoms with Crippen LogP contribution in [0.25, 0.3) is 10.9 Å². The van der Waals surface area contributed by atoms with Crippen LogP contribution in [0.3, 0.4) is 0 Å². The van der Waals surface area contributed by atoms with Gasteiger partial charge in [-0.15, -0.1) is 12.8 Å². The molecular formula is C19H26ClN3O3. The molecule has 26 heavy (non-hydrogen) atoms. The maximum Gasteiger partial charge on any atom is 0.273 e. The Bertz CT molecular complexity index is 721. The number of para-hydroxylation sites is 1. The monoisotopic (exact) mass is 379 g/mol. The third-order valence-corrected chi connectivity index (χ3v) is 3.89. The van der Waals surface area contributed by atoms with Crippen LogP contribution in [-0.2, 0) is 11.3 Å². The van der Waals surface area contributed by atoms with Crippen LogP contribution in [0.4, 0.5) is 0 Å². The summed E-state index contributed by atoms with van der Waals surface area (Å²) in [7, 11) is 2.11. The van der Waals surface area contributed by atoms with Gasteiger partial charge in [0.2, 0.25) is 0 Å². The second-order valence-electron chi connectivity index (χ2n) is 5.26. The Kier molecular flexibility index (Phi) is 9.74. The lowest BCUT2D eigenvalue weighted by atomic mass is 10.2. The van der Waals surface area contributed by atoms with E-state index >= 15 is 0 Å². The summed E-state index contributed by atoms with van der Waals surface area (Å²) in [6, 6.07) is 5.52. The van der Waals surface area contributed by atoms with Gasteiger partial charge >= 0.3 is 0 Å². The zero-order valence-corrected chi connectivity index (χ0v) is 16.3. The molecule has 1 saturated heterocycles. The molecule has 0 spiro atoms. The molecule has 2 aromatic rings. The first kappa shape index (κ1) is 22.0. The second kappa shape index (κ2) is 11.5. The molecule has 3 heterocycles. The Morgan fingerprint density at radius 1 is 1.15 bits per heavy atom. The Morgan fingerprint density at radius 2 is 1.81 bits per heavy atom. The van der Waals surface area contributed by atoms with Crippen LogP contribution < -0.4 is 4.74 Å². The number of carbonyl (C=O) groups excluding carboxylic acids is 1. The molecule has 1 fully saturated rings. The van der Waals surface area contributed by atoms with E-state index in [4.69, 9.17) is 21.1 Å². The zero-order valence-electron chi connectivity index (χ0n) is 15.6. The van der Waals surface area contributed by atoms with Crippen molar-refractivity contribution in [2.24, 2.45) is 0 Å². The van der Waals surface area contributed by atoms with Crippen molar-refractivity contribution in [2.75, 3.05) is 40.0 Å². The molecule has 0 aliphatic carbocycles. The van der Waals surface area contributed by atoms with Crippen molar-refractivity contribution in [2.45, 2.75) is 20.4 Å². The summed E-state index contributed by atoms with van der Waals surface area (Å²) in [5, 5.41) is 4.40. The predicted molar refractivity (Wildman–Crippen MR) is 105 cm³/mol. The molecule has 0 unspecified atom stereocenters. The lowest BCUT2D eigenvalue weighted by molar-refractivity contribution is 0.0503. The summed E-state index contributed by atoms with van der Waals surface area (Å²) in [5.41, 5.74) is 1.16. The fourth-order valence-corrected chi connectivity index (χ4v) is 2.66. The summed E-state index contributed by atoms with van der Waals surface area (Å²) >= 11 is 5.47. The van der Waals surface area contributed by atoms with E-state index in [-0.39, 0.29) is 0 Å². The van der Waals surface area contributed by atoms with Crippen molar-refractivity contribution in [3.05, 3.63) is 23.9 Å². The number of rotatable bonds is 1. The van der Waals surface area contributed by atoms with E-state index in [1.165, 1.54) is 0 Å². The van der Waals surface area contributed by atoms with Crippen LogP contribution in [0.2, 0.25) is 0 Å². The molecule has 0 amide bonds. The SMILES string of the molecule is C#C.CC.CN1CCOCC1.O=C(Cl)c1nn2c3c(cccc13)OCC2. The largest absolute Gasteiger partial charge is 0.489 e. The lowest BCUT2D eigenvalue weighted by Gasteiger charge is -2.21. The van der Waals surface area contributed by atoms with Gasteiger partial charge in [0.1, 0.15) is 17.9 Å². The molecule has 1 aromatic heterocycles. The fraction of sp³-hybridized carbons (Fsp3) is 0.474. The maximum absolute atomic E-state index is 11.2. The van der Waals surface area contributed by atoms with Crippen LogP contribution in [0.15, 0.2) is 18.2 Å². The summed E-state index contributed by atoms with van der Waals surface area (Å²) in [6.07, 6.45) is 8.00. The number of halogens is 1. The number of hydrogen-bond acceptors (Lipinski definition) is 5. The van der Waals surface area contributed by atoms with E-state index in [0.717, 1.165) is 43.0 Å². The Hall–Kier alpha value is -2.07. The number of benzene rings is 1. The van der Waals surface area contributed by atoms with Crippen molar-refractivity contribution in [1.29, 1.82) is 0 Å². The number of terminal acetylenes is 1. The summed E-state index contributed by atoms with van der Waals surface area (Å²) < 4.78 is 12.3. The van der Waals surface area contributed by atoms with E-state index in [0.29, 0.717) is 18.8 Å². The van der Waals surface area contributed by atoms with Gasteiger partial charge in [0.15, 0.2) is 5.69 Å². The van der Waals surface area contributed by atoms with Crippen LogP contribution in [0.5, 0.6) is 5.75 Å². The molecule has 0 radical (unpaired) electrons. The van der Waals surface area contributed by atoms with Gasteiger partial charge in [0.25, 0.3) is 5.24 Å². The third-order valence-electron chi connectivity index (χ3n) is 3.71. The Balaban J connectivity index is 0.000000260. The van der Waals surface area contributed by atoms with Crippen LogP contribution in [0, 0.1) is 12.8 Å². The first-order chi connectivity index (χ1) is 12.7. The number of nitrogens with zero attached hydrogens (tertiary/aromatic N) is 3. The number of aromatic nitrogens is 2. The Labute approximate surface area is 160 Å². The fourth-order valence-electron chi connectivity index (χ4n) is 2.52. The maximum atomic E-state index is 11.2. The van der Waals surface area contributed by atoms with Crippen molar-refractivity contribution in [3.8, 4) is 18.6 Å². The van der Waals surface area contributed by atoms with Crippen LogP contribution in [0.1, 0.15) is 24.3 Å². The highest BCUT2D eigenvalue weighted by atomic mass is 35.5. The molecule has 2 aliphatic rings. The molecule has 0 atom stereocenters. The molecule has 0 saturated carbocycles. The number of morpholine rings is 1. The summed E-state index contributed by atoms with van der Waals surface area (Å²) in [5.74, 6) is 0.760. The quantitative estimate of drug-likeness (QED) is 0.563. The van der Waals surface area contributed by atoms with E-state index in [2.05, 4.69) is 29.9 Å². The minimum absolute atomic E-state index is 0.305.